The molecule has 1 aliphatic rings. The second-order valence-corrected chi connectivity index (χ2v) is 6.01. The Bertz CT molecular complexity index is 566. The molecular formula is C12H15NO5S. The summed E-state index contributed by atoms with van der Waals surface area (Å²) in [5.74, 6) is 0. The van der Waals surface area contributed by atoms with Gasteiger partial charge in [0.05, 0.1) is 4.90 Å². The molecule has 2 rings (SSSR count). The topological polar surface area (TPSA) is 83.9 Å². The first-order chi connectivity index (χ1) is 8.90. The number of likely N-dealkylation sites (tertiary alicyclic amines) is 1. The molecule has 0 saturated carbocycles. The van der Waals surface area contributed by atoms with Gasteiger partial charge in [-0.25, -0.2) is 8.98 Å². The zero-order valence-corrected chi connectivity index (χ0v) is 11.3. The van der Waals surface area contributed by atoms with Crippen LogP contribution < -0.4 is 0 Å². The molecule has 7 heteroatoms. The Kier molecular flexibility index (Phi) is 3.77. The van der Waals surface area contributed by atoms with Gasteiger partial charge in [0.2, 0.25) is 0 Å². The highest BCUT2D eigenvalue weighted by atomic mass is 32.2. The molecule has 1 atom stereocenters. The van der Waals surface area contributed by atoms with E-state index in [9.17, 15) is 13.2 Å². The van der Waals surface area contributed by atoms with Crippen molar-refractivity contribution in [3.63, 3.8) is 0 Å². The van der Waals surface area contributed by atoms with Crippen LogP contribution in [0.4, 0.5) is 4.79 Å². The fourth-order valence-corrected chi connectivity index (χ4v) is 3.03. The van der Waals surface area contributed by atoms with Gasteiger partial charge in [0.25, 0.3) is 10.1 Å². The highest BCUT2D eigenvalue weighted by Gasteiger charge is 2.33. The maximum Gasteiger partial charge on any atom is 0.409 e. The van der Waals surface area contributed by atoms with Crippen molar-refractivity contribution in [2.24, 2.45) is 0 Å². The second kappa shape index (κ2) is 5.18. The molecule has 1 unspecified atom stereocenters. The van der Waals surface area contributed by atoms with Crippen LogP contribution in [0, 0.1) is 6.92 Å². The van der Waals surface area contributed by atoms with Gasteiger partial charge in [0.1, 0.15) is 0 Å². The first-order valence-electron chi connectivity index (χ1n) is 5.90. The van der Waals surface area contributed by atoms with Crippen molar-refractivity contribution >= 4 is 16.2 Å². The number of hydrogen-bond acceptors (Lipinski definition) is 4. The van der Waals surface area contributed by atoms with Crippen LogP contribution in [-0.4, -0.2) is 37.3 Å². The Hall–Kier alpha value is -1.60. The van der Waals surface area contributed by atoms with Crippen LogP contribution in [0.25, 0.3) is 0 Å². The monoisotopic (exact) mass is 285 g/mol. The second-order valence-electron chi connectivity index (χ2n) is 4.44. The summed E-state index contributed by atoms with van der Waals surface area (Å²) in [6.45, 7) is 2.14. The van der Waals surface area contributed by atoms with Gasteiger partial charge in [-0.2, -0.15) is 8.42 Å². The summed E-state index contributed by atoms with van der Waals surface area (Å²) in [6.07, 6.45) is -1.11. The summed E-state index contributed by atoms with van der Waals surface area (Å²) in [5, 5.41) is 8.94. The molecule has 1 aromatic rings. The van der Waals surface area contributed by atoms with E-state index in [0.717, 1.165) is 10.5 Å². The number of benzene rings is 1. The Balaban J connectivity index is 2.17. The molecule has 1 saturated heterocycles. The molecule has 0 bridgehead atoms. The van der Waals surface area contributed by atoms with Crippen LogP contribution in [0.1, 0.15) is 18.4 Å². The molecular weight excluding hydrogens is 270 g/mol. The standard InChI is InChI=1S/C12H15NO5S/c1-9-4-6-10(7-5-9)19(16,17)18-11-3-2-8-13(11)12(14)15/h4-7,11H,2-3,8H2,1H3,(H,14,15). The summed E-state index contributed by atoms with van der Waals surface area (Å²) < 4.78 is 29.1. The fourth-order valence-electron chi connectivity index (χ4n) is 1.96. The molecule has 1 N–H and O–H groups in total. The number of hydrogen-bond donors (Lipinski definition) is 1. The Morgan fingerprint density at radius 1 is 1.37 bits per heavy atom. The summed E-state index contributed by atoms with van der Waals surface area (Å²) in [5.41, 5.74) is 0.937. The third-order valence-electron chi connectivity index (χ3n) is 2.99. The van der Waals surface area contributed by atoms with Gasteiger partial charge in [-0.3, -0.25) is 4.90 Å². The van der Waals surface area contributed by atoms with Crippen LogP contribution in [0.15, 0.2) is 29.2 Å². The van der Waals surface area contributed by atoms with E-state index >= 15 is 0 Å². The summed E-state index contributed by atoms with van der Waals surface area (Å²) in [7, 11) is -3.93. The quantitative estimate of drug-likeness (QED) is 0.856. The highest BCUT2D eigenvalue weighted by Crippen LogP contribution is 2.23. The smallest absolute Gasteiger partial charge is 0.409 e. The predicted molar refractivity (Wildman–Crippen MR) is 67.2 cm³/mol. The van der Waals surface area contributed by atoms with E-state index in [1.807, 2.05) is 6.92 Å². The van der Waals surface area contributed by atoms with Crippen molar-refractivity contribution in [1.82, 2.24) is 4.90 Å². The molecule has 1 fully saturated rings. The van der Waals surface area contributed by atoms with Gasteiger partial charge < -0.3 is 5.11 Å². The van der Waals surface area contributed by atoms with E-state index in [-0.39, 0.29) is 4.90 Å². The van der Waals surface area contributed by atoms with Crippen molar-refractivity contribution in [1.29, 1.82) is 0 Å². The van der Waals surface area contributed by atoms with Crippen LogP contribution >= 0.6 is 0 Å². The van der Waals surface area contributed by atoms with Crippen LogP contribution in [0.5, 0.6) is 0 Å². The Labute approximate surface area is 111 Å². The van der Waals surface area contributed by atoms with Crippen molar-refractivity contribution in [2.45, 2.75) is 30.9 Å². The van der Waals surface area contributed by atoms with E-state index < -0.39 is 22.4 Å². The minimum absolute atomic E-state index is 0.0374. The average molecular weight is 285 g/mol. The van der Waals surface area contributed by atoms with Gasteiger partial charge in [0, 0.05) is 6.54 Å². The average Bonchev–Trinajstić information content (AvgIpc) is 2.77. The lowest BCUT2D eigenvalue weighted by Gasteiger charge is -2.21. The van der Waals surface area contributed by atoms with Crippen LogP contribution in [-0.2, 0) is 14.3 Å². The van der Waals surface area contributed by atoms with Crippen molar-refractivity contribution in [3.05, 3.63) is 29.8 Å². The molecule has 0 aromatic heterocycles. The van der Waals surface area contributed by atoms with Gasteiger partial charge in [-0.1, -0.05) is 17.7 Å². The van der Waals surface area contributed by atoms with Gasteiger partial charge in [0.15, 0.2) is 6.23 Å². The van der Waals surface area contributed by atoms with Gasteiger partial charge in [-0.05, 0) is 31.9 Å². The molecule has 1 heterocycles. The SMILES string of the molecule is Cc1ccc(S(=O)(=O)OC2CCCN2C(=O)O)cc1. The third kappa shape index (κ3) is 3.05. The lowest BCUT2D eigenvalue weighted by atomic mass is 10.2. The number of rotatable bonds is 3. The lowest BCUT2D eigenvalue weighted by molar-refractivity contribution is 0.0627. The molecule has 1 amide bonds. The van der Waals surface area contributed by atoms with Crippen molar-refractivity contribution in [2.75, 3.05) is 6.54 Å². The minimum atomic E-state index is -3.93. The lowest BCUT2D eigenvalue weighted by Crippen LogP contribution is -2.37. The largest absolute Gasteiger partial charge is 0.465 e. The fraction of sp³-hybridized carbons (Fsp3) is 0.417. The normalized spacial score (nSPS) is 19.6. The summed E-state index contributed by atoms with van der Waals surface area (Å²) in [4.78, 5) is 12.0. The molecule has 6 nitrogen and oxygen atoms in total. The van der Waals surface area contributed by atoms with E-state index in [2.05, 4.69) is 0 Å². The van der Waals surface area contributed by atoms with Gasteiger partial charge in [-0.15, -0.1) is 0 Å². The zero-order valence-electron chi connectivity index (χ0n) is 10.4. The highest BCUT2D eigenvalue weighted by molar-refractivity contribution is 7.86. The zero-order chi connectivity index (χ0) is 14.0. The Morgan fingerprint density at radius 3 is 2.58 bits per heavy atom. The van der Waals surface area contributed by atoms with Crippen LogP contribution in [0.3, 0.4) is 0 Å². The maximum atomic E-state index is 12.0. The third-order valence-corrected chi connectivity index (χ3v) is 4.32. The first-order valence-corrected chi connectivity index (χ1v) is 7.30. The molecule has 1 aliphatic heterocycles. The minimum Gasteiger partial charge on any atom is -0.465 e. The molecule has 0 spiro atoms. The maximum absolute atomic E-state index is 12.0. The molecule has 0 aliphatic carbocycles. The number of amides is 1. The number of nitrogens with zero attached hydrogens (tertiary/aromatic N) is 1. The van der Waals surface area contributed by atoms with Gasteiger partial charge >= 0.3 is 6.09 Å². The predicted octanol–water partition coefficient (Wildman–Crippen LogP) is 1.80. The van der Waals surface area contributed by atoms with E-state index in [0.29, 0.717) is 19.4 Å². The molecule has 1 aromatic carbocycles. The molecule has 104 valence electrons. The number of carbonyl (C=O) groups is 1. The molecule has 0 radical (unpaired) electrons. The Morgan fingerprint density at radius 2 is 2.00 bits per heavy atom. The number of aryl methyl sites for hydroxylation is 1. The van der Waals surface area contributed by atoms with E-state index in [4.69, 9.17) is 9.29 Å². The van der Waals surface area contributed by atoms with Crippen molar-refractivity contribution < 1.29 is 22.5 Å². The van der Waals surface area contributed by atoms with E-state index in [1.165, 1.54) is 12.1 Å². The van der Waals surface area contributed by atoms with E-state index in [1.54, 1.807) is 12.1 Å². The summed E-state index contributed by atoms with van der Waals surface area (Å²) in [6, 6.07) is 6.23. The van der Waals surface area contributed by atoms with Crippen LogP contribution in [0.2, 0.25) is 0 Å². The molecule has 19 heavy (non-hydrogen) atoms. The number of carboxylic acid groups (broad SMARTS) is 1. The summed E-state index contributed by atoms with van der Waals surface area (Å²) >= 11 is 0. The first kappa shape index (κ1) is 13.8. The van der Waals surface area contributed by atoms with Crippen molar-refractivity contribution in [3.8, 4) is 0 Å².